The van der Waals surface area contributed by atoms with E-state index in [9.17, 15) is 0 Å². The molecule has 1 unspecified atom stereocenters. The van der Waals surface area contributed by atoms with Gasteiger partial charge >= 0.3 is 0 Å². The highest BCUT2D eigenvalue weighted by molar-refractivity contribution is 7.07. The first-order chi connectivity index (χ1) is 6.79. The van der Waals surface area contributed by atoms with Crippen LogP contribution in [0.1, 0.15) is 17.3 Å². The molecule has 14 heavy (non-hydrogen) atoms. The lowest BCUT2D eigenvalue weighted by molar-refractivity contribution is 0.836. The van der Waals surface area contributed by atoms with Crippen molar-refractivity contribution in [2.75, 3.05) is 0 Å². The van der Waals surface area contributed by atoms with Crippen molar-refractivity contribution in [3.63, 3.8) is 0 Å². The molecule has 0 radical (unpaired) electrons. The fourth-order valence-corrected chi connectivity index (χ4v) is 2.00. The molecule has 2 N–H and O–H groups in total. The Labute approximate surface area is 90.6 Å². The van der Waals surface area contributed by atoms with E-state index in [-0.39, 0.29) is 6.04 Å². The molecule has 0 bridgehead atoms. The second kappa shape index (κ2) is 4.04. The van der Waals surface area contributed by atoms with Crippen LogP contribution in [0.25, 0.3) is 0 Å². The lowest BCUT2D eigenvalue weighted by Crippen LogP contribution is -2.12. The van der Waals surface area contributed by atoms with Gasteiger partial charge in [-0.1, -0.05) is 11.6 Å². The van der Waals surface area contributed by atoms with Crippen LogP contribution in [0, 0.1) is 0 Å². The fourth-order valence-electron chi connectivity index (χ4n) is 1.17. The Bertz CT molecular complexity index is 416. The van der Waals surface area contributed by atoms with E-state index in [0.29, 0.717) is 5.02 Å². The second-order valence-corrected chi connectivity index (χ2v) is 3.91. The molecular weight excluding hydrogens is 218 g/mol. The number of nitrogens with zero attached hydrogens (tertiary/aromatic N) is 2. The first-order valence-electron chi connectivity index (χ1n) is 4.02. The van der Waals surface area contributed by atoms with Gasteiger partial charge in [0.15, 0.2) is 0 Å². The van der Waals surface area contributed by atoms with Gasteiger partial charge in [0.2, 0.25) is 0 Å². The van der Waals surface area contributed by atoms with Crippen LogP contribution in [0.15, 0.2) is 29.4 Å². The zero-order chi connectivity index (χ0) is 9.97. The van der Waals surface area contributed by atoms with Gasteiger partial charge in [0, 0.05) is 17.8 Å². The van der Waals surface area contributed by atoms with E-state index >= 15 is 0 Å². The number of hydrogen-bond acceptors (Lipinski definition) is 4. The zero-order valence-electron chi connectivity index (χ0n) is 7.22. The summed E-state index contributed by atoms with van der Waals surface area (Å²) in [6.07, 6.45) is 3.26. The SMILES string of the molecule is NC(c1cscn1)c1ccncc1Cl. The van der Waals surface area contributed by atoms with E-state index < -0.39 is 0 Å². The Morgan fingerprint density at radius 2 is 2.36 bits per heavy atom. The van der Waals surface area contributed by atoms with Crippen molar-refractivity contribution >= 4 is 22.9 Å². The van der Waals surface area contributed by atoms with Gasteiger partial charge in [-0.05, 0) is 11.6 Å². The van der Waals surface area contributed by atoms with Gasteiger partial charge in [0.05, 0.1) is 22.3 Å². The molecule has 0 saturated heterocycles. The maximum atomic E-state index is 5.99. The van der Waals surface area contributed by atoms with Gasteiger partial charge in [-0.3, -0.25) is 4.98 Å². The molecule has 2 rings (SSSR count). The summed E-state index contributed by atoms with van der Waals surface area (Å²) in [7, 11) is 0. The Kier molecular flexibility index (Phi) is 2.77. The number of halogens is 1. The van der Waals surface area contributed by atoms with Crippen LogP contribution in [0.5, 0.6) is 0 Å². The van der Waals surface area contributed by atoms with Gasteiger partial charge in [-0.25, -0.2) is 4.98 Å². The quantitative estimate of drug-likeness (QED) is 0.853. The smallest absolute Gasteiger partial charge is 0.0795 e. The van der Waals surface area contributed by atoms with Crippen LogP contribution >= 0.6 is 22.9 Å². The minimum atomic E-state index is -0.267. The van der Waals surface area contributed by atoms with Crippen molar-refractivity contribution in [1.29, 1.82) is 0 Å². The van der Waals surface area contributed by atoms with Gasteiger partial charge in [0.25, 0.3) is 0 Å². The molecular formula is C9H8ClN3S. The van der Waals surface area contributed by atoms with E-state index in [1.54, 1.807) is 17.9 Å². The van der Waals surface area contributed by atoms with Crippen molar-refractivity contribution < 1.29 is 0 Å². The summed E-state index contributed by atoms with van der Waals surface area (Å²) < 4.78 is 0. The van der Waals surface area contributed by atoms with Crippen LogP contribution in [-0.4, -0.2) is 9.97 Å². The molecule has 0 amide bonds. The Balaban J connectivity index is 2.37. The van der Waals surface area contributed by atoms with Crippen LogP contribution in [-0.2, 0) is 0 Å². The third-order valence-electron chi connectivity index (χ3n) is 1.91. The minimum Gasteiger partial charge on any atom is -0.319 e. The van der Waals surface area contributed by atoms with E-state index in [1.807, 2.05) is 11.4 Å². The molecule has 0 aliphatic carbocycles. The Morgan fingerprint density at radius 3 is 3.00 bits per heavy atom. The maximum absolute atomic E-state index is 5.99. The predicted octanol–water partition coefficient (Wildman–Crippen LogP) is 2.24. The van der Waals surface area contributed by atoms with Gasteiger partial charge in [-0.15, -0.1) is 11.3 Å². The summed E-state index contributed by atoms with van der Waals surface area (Å²) in [6.45, 7) is 0. The molecule has 0 fully saturated rings. The Hall–Kier alpha value is -0.970. The lowest BCUT2D eigenvalue weighted by atomic mass is 10.1. The van der Waals surface area contributed by atoms with E-state index in [1.165, 1.54) is 11.3 Å². The molecule has 0 aliphatic rings. The standard InChI is InChI=1S/C9H8ClN3S/c10-7-3-12-2-1-6(7)9(11)8-4-14-5-13-8/h1-5,9H,11H2. The third kappa shape index (κ3) is 1.77. The summed E-state index contributed by atoms with van der Waals surface area (Å²) in [5.74, 6) is 0. The maximum Gasteiger partial charge on any atom is 0.0795 e. The van der Waals surface area contributed by atoms with E-state index in [0.717, 1.165) is 11.3 Å². The number of thiazole rings is 1. The highest BCUT2D eigenvalue weighted by Gasteiger charge is 2.13. The molecule has 72 valence electrons. The molecule has 0 aromatic carbocycles. The molecule has 0 spiro atoms. The van der Waals surface area contributed by atoms with Crippen molar-refractivity contribution in [3.05, 3.63) is 45.6 Å². The monoisotopic (exact) mass is 225 g/mol. The predicted molar refractivity (Wildman–Crippen MR) is 57.4 cm³/mol. The van der Waals surface area contributed by atoms with Crippen molar-refractivity contribution in [3.8, 4) is 0 Å². The van der Waals surface area contributed by atoms with Crippen molar-refractivity contribution in [2.24, 2.45) is 5.73 Å². The van der Waals surface area contributed by atoms with Crippen LogP contribution in [0.2, 0.25) is 5.02 Å². The summed E-state index contributed by atoms with van der Waals surface area (Å²) in [4.78, 5) is 8.05. The summed E-state index contributed by atoms with van der Waals surface area (Å²) >= 11 is 7.49. The number of nitrogens with two attached hydrogens (primary N) is 1. The third-order valence-corrected chi connectivity index (χ3v) is 2.83. The van der Waals surface area contributed by atoms with Gasteiger partial charge < -0.3 is 5.73 Å². The number of pyridine rings is 1. The number of hydrogen-bond donors (Lipinski definition) is 1. The largest absolute Gasteiger partial charge is 0.319 e. The molecule has 1 atom stereocenters. The fraction of sp³-hybridized carbons (Fsp3) is 0.111. The van der Waals surface area contributed by atoms with Gasteiger partial charge in [0.1, 0.15) is 0 Å². The average Bonchev–Trinajstić information content (AvgIpc) is 2.70. The first kappa shape index (κ1) is 9.58. The van der Waals surface area contributed by atoms with E-state index in [2.05, 4.69) is 9.97 Å². The molecule has 0 aliphatic heterocycles. The van der Waals surface area contributed by atoms with E-state index in [4.69, 9.17) is 17.3 Å². The van der Waals surface area contributed by atoms with Crippen LogP contribution < -0.4 is 5.73 Å². The van der Waals surface area contributed by atoms with Gasteiger partial charge in [-0.2, -0.15) is 0 Å². The molecule has 2 aromatic heterocycles. The number of aromatic nitrogens is 2. The molecule has 2 heterocycles. The highest BCUT2D eigenvalue weighted by atomic mass is 35.5. The highest BCUT2D eigenvalue weighted by Crippen LogP contribution is 2.24. The second-order valence-electron chi connectivity index (χ2n) is 2.79. The topological polar surface area (TPSA) is 51.8 Å². The minimum absolute atomic E-state index is 0.267. The molecule has 0 saturated carbocycles. The molecule has 2 aromatic rings. The summed E-state index contributed by atoms with van der Waals surface area (Å²) in [5.41, 5.74) is 9.44. The summed E-state index contributed by atoms with van der Waals surface area (Å²) in [6, 6.07) is 1.54. The molecule has 3 nitrogen and oxygen atoms in total. The zero-order valence-corrected chi connectivity index (χ0v) is 8.79. The van der Waals surface area contributed by atoms with Crippen LogP contribution in [0.3, 0.4) is 0 Å². The Morgan fingerprint density at radius 1 is 1.50 bits per heavy atom. The number of rotatable bonds is 2. The van der Waals surface area contributed by atoms with Crippen molar-refractivity contribution in [1.82, 2.24) is 9.97 Å². The summed E-state index contributed by atoms with van der Waals surface area (Å²) in [5, 5.41) is 2.49. The first-order valence-corrected chi connectivity index (χ1v) is 5.34. The van der Waals surface area contributed by atoms with Crippen LogP contribution in [0.4, 0.5) is 0 Å². The normalized spacial score (nSPS) is 12.7. The average molecular weight is 226 g/mol. The lowest BCUT2D eigenvalue weighted by Gasteiger charge is -2.10. The molecule has 5 heteroatoms. The van der Waals surface area contributed by atoms with Crippen molar-refractivity contribution in [2.45, 2.75) is 6.04 Å².